The molecule has 3 rings (SSSR count). The molecule has 1 aliphatic rings. The second kappa shape index (κ2) is 8.52. The normalized spacial score (nSPS) is 14.8. The number of phenols is 1. The number of rotatable bonds is 5. The molecule has 0 radical (unpaired) electrons. The Kier molecular flexibility index (Phi) is 5.89. The largest absolute Gasteiger partial charge is 0.507 e. The summed E-state index contributed by atoms with van der Waals surface area (Å²) in [5, 5.41) is 12.9. The molecule has 2 amide bonds. The second-order valence-corrected chi connectivity index (χ2v) is 6.64. The van der Waals surface area contributed by atoms with Crippen molar-refractivity contribution in [3.8, 4) is 5.75 Å². The summed E-state index contributed by atoms with van der Waals surface area (Å²) in [7, 11) is 0. The van der Waals surface area contributed by atoms with Gasteiger partial charge in [-0.3, -0.25) is 9.59 Å². The molecule has 2 aromatic carbocycles. The molecule has 0 bridgehead atoms. The van der Waals surface area contributed by atoms with E-state index in [-0.39, 0.29) is 23.6 Å². The Hall–Kier alpha value is -2.82. The summed E-state index contributed by atoms with van der Waals surface area (Å²) in [5.41, 5.74) is 1.49. The number of carbonyl (C=O) groups is 2. The van der Waals surface area contributed by atoms with Gasteiger partial charge in [0.05, 0.1) is 5.56 Å². The molecule has 2 aromatic rings. The van der Waals surface area contributed by atoms with Gasteiger partial charge in [0.2, 0.25) is 5.91 Å². The fourth-order valence-corrected chi connectivity index (χ4v) is 3.25. The number of amides is 2. The minimum absolute atomic E-state index is 0.00818. The number of phenolic OH excluding ortho intramolecular Hbond substituents is 1. The summed E-state index contributed by atoms with van der Waals surface area (Å²) in [4.78, 5) is 26.4. The van der Waals surface area contributed by atoms with E-state index in [1.165, 1.54) is 6.07 Å². The number of hydrogen-bond acceptors (Lipinski definition) is 3. The molecule has 5 nitrogen and oxygen atoms in total. The second-order valence-electron chi connectivity index (χ2n) is 6.64. The number of hydrogen-bond donors (Lipinski definition) is 2. The van der Waals surface area contributed by atoms with E-state index in [0.29, 0.717) is 25.1 Å². The molecule has 1 aliphatic heterocycles. The Morgan fingerprint density at radius 1 is 1.00 bits per heavy atom. The van der Waals surface area contributed by atoms with Crippen molar-refractivity contribution in [2.24, 2.45) is 0 Å². The van der Waals surface area contributed by atoms with Gasteiger partial charge in [0.25, 0.3) is 5.91 Å². The number of para-hydroxylation sites is 1. The van der Waals surface area contributed by atoms with Gasteiger partial charge in [-0.25, -0.2) is 0 Å². The van der Waals surface area contributed by atoms with Gasteiger partial charge in [-0.05, 0) is 37.0 Å². The van der Waals surface area contributed by atoms with Crippen LogP contribution in [0.2, 0.25) is 0 Å². The number of aromatic hydroxyl groups is 1. The monoisotopic (exact) mass is 352 g/mol. The van der Waals surface area contributed by atoms with E-state index in [1.54, 1.807) is 23.1 Å². The predicted octanol–water partition coefficient (Wildman–Crippen LogP) is 2.75. The maximum Gasteiger partial charge on any atom is 0.257 e. The quantitative estimate of drug-likeness (QED) is 0.869. The molecule has 2 N–H and O–H groups in total. The first-order valence-corrected chi connectivity index (χ1v) is 9.04. The predicted molar refractivity (Wildman–Crippen MR) is 99.9 cm³/mol. The minimum Gasteiger partial charge on any atom is -0.507 e. The summed E-state index contributed by atoms with van der Waals surface area (Å²) in [6, 6.07) is 16.7. The van der Waals surface area contributed by atoms with Crippen LogP contribution in [-0.4, -0.2) is 41.0 Å². The molecule has 0 atom stereocenters. The standard InChI is InChI=1S/C21H24N2O3/c24-19-9-5-4-8-18(19)21(26)23-14-12-17(13-15-23)22-20(25)11-10-16-6-2-1-3-7-16/h1-9,17,24H,10-15H2,(H,22,25). The number of piperidine rings is 1. The lowest BCUT2D eigenvalue weighted by molar-refractivity contribution is -0.122. The van der Waals surface area contributed by atoms with E-state index >= 15 is 0 Å². The van der Waals surface area contributed by atoms with Crippen molar-refractivity contribution in [3.05, 3.63) is 65.7 Å². The highest BCUT2D eigenvalue weighted by Crippen LogP contribution is 2.20. The van der Waals surface area contributed by atoms with Gasteiger partial charge in [-0.1, -0.05) is 42.5 Å². The lowest BCUT2D eigenvalue weighted by Crippen LogP contribution is -2.46. The van der Waals surface area contributed by atoms with Crippen LogP contribution >= 0.6 is 0 Å². The molecule has 0 spiro atoms. The number of benzene rings is 2. The van der Waals surface area contributed by atoms with Crippen LogP contribution in [0.5, 0.6) is 5.75 Å². The molecule has 0 saturated carbocycles. The number of nitrogens with one attached hydrogen (secondary N) is 1. The SMILES string of the molecule is O=C(CCc1ccccc1)NC1CCN(C(=O)c2ccccc2O)CC1. The minimum atomic E-state index is -0.156. The van der Waals surface area contributed by atoms with Crippen molar-refractivity contribution in [1.82, 2.24) is 10.2 Å². The van der Waals surface area contributed by atoms with Gasteiger partial charge in [-0.2, -0.15) is 0 Å². The van der Waals surface area contributed by atoms with E-state index in [1.807, 2.05) is 30.3 Å². The van der Waals surface area contributed by atoms with Gasteiger partial charge in [-0.15, -0.1) is 0 Å². The molecular weight excluding hydrogens is 328 g/mol. The number of nitrogens with zero attached hydrogens (tertiary/aromatic N) is 1. The number of carbonyl (C=O) groups excluding carboxylic acids is 2. The topological polar surface area (TPSA) is 69.6 Å². The number of likely N-dealkylation sites (tertiary alicyclic amines) is 1. The molecule has 5 heteroatoms. The molecule has 0 aromatic heterocycles. The van der Waals surface area contributed by atoms with Crippen molar-refractivity contribution >= 4 is 11.8 Å². The highest BCUT2D eigenvalue weighted by Gasteiger charge is 2.25. The molecular formula is C21H24N2O3. The third kappa shape index (κ3) is 4.63. The zero-order valence-corrected chi connectivity index (χ0v) is 14.7. The molecule has 1 heterocycles. The average Bonchev–Trinajstić information content (AvgIpc) is 2.68. The molecule has 136 valence electrons. The van der Waals surface area contributed by atoms with Crippen LogP contribution in [0, 0.1) is 0 Å². The first kappa shape index (κ1) is 18.0. The van der Waals surface area contributed by atoms with E-state index in [2.05, 4.69) is 5.32 Å². The van der Waals surface area contributed by atoms with Crippen LogP contribution in [-0.2, 0) is 11.2 Å². The van der Waals surface area contributed by atoms with Crippen molar-refractivity contribution in [1.29, 1.82) is 0 Å². The summed E-state index contributed by atoms with van der Waals surface area (Å²) in [5.74, 6) is -0.0925. The van der Waals surface area contributed by atoms with Crippen LogP contribution in [0.3, 0.4) is 0 Å². The van der Waals surface area contributed by atoms with E-state index < -0.39 is 0 Å². The Balaban J connectivity index is 1.44. The summed E-state index contributed by atoms with van der Waals surface area (Å²) in [6.07, 6.45) is 2.67. The highest BCUT2D eigenvalue weighted by atomic mass is 16.3. The van der Waals surface area contributed by atoms with Crippen LogP contribution in [0.1, 0.15) is 35.2 Å². The molecule has 26 heavy (non-hydrogen) atoms. The first-order chi connectivity index (χ1) is 12.6. The van der Waals surface area contributed by atoms with Gasteiger partial charge < -0.3 is 15.3 Å². The third-order valence-electron chi connectivity index (χ3n) is 4.77. The van der Waals surface area contributed by atoms with Crippen molar-refractivity contribution in [2.75, 3.05) is 13.1 Å². The van der Waals surface area contributed by atoms with Crippen molar-refractivity contribution < 1.29 is 14.7 Å². The van der Waals surface area contributed by atoms with Gasteiger partial charge in [0, 0.05) is 25.6 Å². The Bertz CT molecular complexity index is 753. The van der Waals surface area contributed by atoms with Crippen LogP contribution in [0.15, 0.2) is 54.6 Å². The van der Waals surface area contributed by atoms with Crippen molar-refractivity contribution in [2.45, 2.75) is 31.7 Å². The van der Waals surface area contributed by atoms with E-state index in [4.69, 9.17) is 0 Å². The smallest absolute Gasteiger partial charge is 0.257 e. The zero-order chi connectivity index (χ0) is 18.4. The van der Waals surface area contributed by atoms with E-state index in [9.17, 15) is 14.7 Å². The lowest BCUT2D eigenvalue weighted by Gasteiger charge is -2.32. The Labute approximate surface area is 153 Å². The fourth-order valence-electron chi connectivity index (χ4n) is 3.25. The van der Waals surface area contributed by atoms with E-state index in [0.717, 1.165) is 24.8 Å². The highest BCUT2D eigenvalue weighted by molar-refractivity contribution is 5.96. The van der Waals surface area contributed by atoms with Crippen LogP contribution in [0.25, 0.3) is 0 Å². The third-order valence-corrected chi connectivity index (χ3v) is 4.77. The molecule has 0 aliphatic carbocycles. The number of aryl methyl sites for hydroxylation is 1. The summed E-state index contributed by atoms with van der Waals surface area (Å²) < 4.78 is 0. The van der Waals surface area contributed by atoms with Gasteiger partial charge in [0.1, 0.15) is 5.75 Å². The summed E-state index contributed by atoms with van der Waals surface area (Å²) >= 11 is 0. The maximum atomic E-state index is 12.5. The lowest BCUT2D eigenvalue weighted by atomic mass is 10.0. The fraction of sp³-hybridized carbons (Fsp3) is 0.333. The summed E-state index contributed by atoms with van der Waals surface area (Å²) in [6.45, 7) is 1.16. The van der Waals surface area contributed by atoms with Crippen LogP contribution in [0.4, 0.5) is 0 Å². The molecule has 0 unspecified atom stereocenters. The Morgan fingerprint density at radius 2 is 1.65 bits per heavy atom. The first-order valence-electron chi connectivity index (χ1n) is 9.04. The molecule has 1 fully saturated rings. The molecule has 1 saturated heterocycles. The van der Waals surface area contributed by atoms with Crippen LogP contribution < -0.4 is 5.32 Å². The Morgan fingerprint density at radius 3 is 2.35 bits per heavy atom. The van der Waals surface area contributed by atoms with Crippen molar-refractivity contribution in [3.63, 3.8) is 0 Å². The average molecular weight is 352 g/mol. The van der Waals surface area contributed by atoms with Gasteiger partial charge in [0.15, 0.2) is 0 Å². The zero-order valence-electron chi connectivity index (χ0n) is 14.7. The maximum absolute atomic E-state index is 12.5. The van der Waals surface area contributed by atoms with Gasteiger partial charge >= 0.3 is 0 Å².